The normalized spacial score (nSPS) is 10.4. The Labute approximate surface area is 97.3 Å². The third kappa shape index (κ3) is 1.99. The Balaban J connectivity index is 2.57. The molecule has 0 atom stereocenters. The van der Waals surface area contributed by atoms with Gasteiger partial charge in [-0.1, -0.05) is 0 Å². The minimum atomic E-state index is -0.271. The molecular formula is C11H12FN3S. The first-order chi connectivity index (χ1) is 7.58. The Morgan fingerprint density at radius 3 is 2.69 bits per heavy atom. The van der Waals surface area contributed by atoms with Crippen molar-refractivity contribution >= 4 is 22.2 Å². The molecule has 0 saturated heterocycles. The number of nitrogens with two attached hydrogens (primary N) is 1. The zero-order valence-electron chi connectivity index (χ0n) is 9.07. The Bertz CT molecular complexity index is 508. The standard InChI is InChI=1S/C11H12FN3S/c1-15(2)10-4-3-7(12)5-8(10)9-6-16-11(13)14-9/h3-6H,1-2H3,(H2,13,14). The van der Waals surface area contributed by atoms with Crippen LogP contribution in [0, 0.1) is 5.82 Å². The van der Waals surface area contributed by atoms with Crippen LogP contribution in [-0.2, 0) is 0 Å². The number of anilines is 2. The zero-order chi connectivity index (χ0) is 11.7. The Hall–Kier alpha value is -1.62. The van der Waals surface area contributed by atoms with Crippen molar-refractivity contribution in [2.75, 3.05) is 24.7 Å². The second-order valence-corrected chi connectivity index (χ2v) is 4.52. The van der Waals surface area contributed by atoms with Crippen molar-refractivity contribution in [2.45, 2.75) is 0 Å². The molecule has 0 aliphatic rings. The third-order valence-corrected chi connectivity index (χ3v) is 2.91. The van der Waals surface area contributed by atoms with Crippen LogP contribution < -0.4 is 10.6 Å². The number of nitrogens with zero attached hydrogens (tertiary/aromatic N) is 2. The van der Waals surface area contributed by atoms with E-state index in [-0.39, 0.29) is 5.82 Å². The maximum Gasteiger partial charge on any atom is 0.180 e. The van der Waals surface area contributed by atoms with Crippen LogP contribution in [0.4, 0.5) is 15.2 Å². The maximum absolute atomic E-state index is 13.2. The monoisotopic (exact) mass is 237 g/mol. The highest BCUT2D eigenvalue weighted by molar-refractivity contribution is 7.13. The van der Waals surface area contributed by atoms with Crippen LogP contribution in [-0.4, -0.2) is 19.1 Å². The fraction of sp³-hybridized carbons (Fsp3) is 0.182. The summed E-state index contributed by atoms with van der Waals surface area (Å²) in [6, 6.07) is 4.65. The van der Waals surface area contributed by atoms with E-state index in [1.807, 2.05) is 24.4 Å². The van der Waals surface area contributed by atoms with Gasteiger partial charge in [0.05, 0.1) is 5.69 Å². The molecule has 2 aromatic rings. The molecule has 16 heavy (non-hydrogen) atoms. The lowest BCUT2D eigenvalue weighted by Gasteiger charge is -2.16. The summed E-state index contributed by atoms with van der Waals surface area (Å²) in [5, 5.41) is 2.32. The molecule has 5 heteroatoms. The Kier molecular flexibility index (Phi) is 2.78. The predicted octanol–water partition coefficient (Wildman–Crippen LogP) is 2.60. The molecule has 1 heterocycles. The molecular weight excluding hydrogens is 225 g/mol. The van der Waals surface area contributed by atoms with Crippen LogP contribution in [0.2, 0.25) is 0 Å². The summed E-state index contributed by atoms with van der Waals surface area (Å²) >= 11 is 1.35. The van der Waals surface area contributed by atoms with E-state index in [1.54, 1.807) is 6.07 Å². The average Bonchev–Trinajstić information content (AvgIpc) is 2.64. The van der Waals surface area contributed by atoms with Gasteiger partial charge in [0.25, 0.3) is 0 Å². The lowest BCUT2D eigenvalue weighted by Crippen LogP contribution is -2.10. The quantitative estimate of drug-likeness (QED) is 0.873. The molecule has 0 aliphatic heterocycles. The Morgan fingerprint density at radius 2 is 2.12 bits per heavy atom. The third-order valence-electron chi connectivity index (χ3n) is 2.24. The first-order valence-corrected chi connectivity index (χ1v) is 5.64. The van der Waals surface area contributed by atoms with Gasteiger partial charge >= 0.3 is 0 Å². The molecule has 0 saturated carbocycles. The number of hydrogen-bond acceptors (Lipinski definition) is 4. The fourth-order valence-electron chi connectivity index (χ4n) is 1.51. The summed E-state index contributed by atoms with van der Waals surface area (Å²) in [5.74, 6) is -0.271. The van der Waals surface area contributed by atoms with Gasteiger partial charge in [-0.25, -0.2) is 9.37 Å². The van der Waals surface area contributed by atoms with E-state index in [0.29, 0.717) is 10.8 Å². The first kappa shape index (κ1) is 10.9. The second-order valence-electron chi connectivity index (χ2n) is 3.63. The number of halogens is 1. The largest absolute Gasteiger partial charge is 0.377 e. The fourth-order valence-corrected chi connectivity index (χ4v) is 2.08. The van der Waals surface area contributed by atoms with Crippen LogP contribution in [0.5, 0.6) is 0 Å². The van der Waals surface area contributed by atoms with Gasteiger partial charge in [-0.15, -0.1) is 11.3 Å². The van der Waals surface area contributed by atoms with Crippen molar-refractivity contribution in [3.05, 3.63) is 29.4 Å². The molecule has 3 nitrogen and oxygen atoms in total. The summed E-state index contributed by atoms with van der Waals surface area (Å²) in [6.07, 6.45) is 0. The number of benzene rings is 1. The molecule has 0 aliphatic carbocycles. The molecule has 2 N–H and O–H groups in total. The number of nitrogen functional groups attached to an aromatic ring is 1. The molecule has 1 aromatic heterocycles. The van der Waals surface area contributed by atoms with Crippen LogP contribution in [0.1, 0.15) is 0 Å². The molecule has 2 rings (SSSR count). The summed E-state index contributed by atoms with van der Waals surface area (Å²) < 4.78 is 13.2. The van der Waals surface area contributed by atoms with Gasteiger partial charge in [-0.2, -0.15) is 0 Å². The van der Waals surface area contributed by atoms with Crippen molar-refractivity contribution in [3.8, 4) is 11.3 Å². The number of aromatic nitrogens is 1. The van der Waals surface area contributed by atoms with Gasteiger partial charge in [-0.05, 0) is 18.2 Å². The molecule has 0 bridgehead atoms. The molecule has 1 aromatic carbocycles. The number of rotatable bonds is 2. The second kappa shape index (κ2) is 4.09. The Morgan fingerprint density at radius 1 is 1.38 bits per heavy atom. The zero-order valence-corrected chi connectivity index (χ0v) is 9.88. The smallest absolute Gasteiger partial charge is 0.180 e. The number of hydrogen-bond donors (Lipinski definition) is 1. The highest BCUT2D eigenvalue weighted by Crippen LogP contribution is 2.31. The molecule has 0 fully saturated rings. The summed E-state index contributed by atoms with van der Waals surface area (Å²) in [7, 11) is 3.82. The van der Waals surface area contributed by atoms with Gasteiger partial charge in [0.15, 0.2) is 5.13 Å². The van der Waals surface area contributed by atoms with E-state index in [1.165, 1.54) is 23.5 Å². The van der Waals surface area contributed by atoms with Crippen LogP contribution in [0.3, 0.4) is 0 Å². The van der Waals surface area contributed by atoms with E-state index in [0.717, 1.165) is 11.3 Å². The van der Waals surface area contributed by atoms with Crippen molar-refractivity contribution in [2.24, 2.45) is 0 Å². The topological polar surface area (TPSA) is 42.1 Å². The molecule has 0 amide bonds. The van der Waals surface area contributed by atoms with Gasteiger partial charge in [0, 0.05) is 30.7 Å². The van der Waals surface area contributed by atoms with Crippen LogP contribution >= 0.6 is 11.3 Å². The minimum Gasteiger partial charge on any atom is -0.377 e. The highest BCUT2D eigenvalue weighted by Gasteiger charge is 2.11. The molecule has 0 spiro atoms. The SMILES string of the molecule is CN(C)c1ccc(F)cc1-c1csc(N)n1. The predicted molar refractivity (Wildman–Crippen MR) is 66.2 cm³/mol. The first-order valence-electron chi connectivity index (χ1n) is 4.76. The highest BCUT2D eigenvalue weighted by atomic mass is 32.1. The molecule has 0 radical (unpaired) electrons. The summed E-state index contributed by atoms with van der Waals surface area (Å²) in [5.41, 5.74) is 7.98. The lowest BCUT2D eigenvalue weighted by molar-refractivity contribution is 0.628. The van der Waals surface area contributed by atoms with E-state index < -0.39 is 0 Å². The van der Waals surface area contributed by atoms with Crippen LogP contribution in [0.15, 0.2) is 23.6 Å². The van der Waals surface area contributed by atoms with Gasteiger partial charge < -0.3 is 10.6 Å². The van der Waals surface area contributed by atoms with E-state index >= 15 is 0 Å². The maximum atomic E-state index is 13.2. The van der Waals surface area contributed by atoms with Crippen molar-refractivity contribution in [1.82, 2.24) is 4.98 Å². The van der Waals surface area contributed by atoms with Crippen molar-refractivity contribution in [1.29, 1.82) is 0 Å². The van der Waals surface area contributed by atoms with E-state index in [4.69, 9.17) is 5.73 Å². The van der Waals surface area contributed by atoms with Crippen molar-refractivity contribution in [3.63, 3.8) is 0 Å². The van der Waals surface area contributed by atoms with Crippen molar-refractivity contribution < 1.29 is 4.39 Å². The average molecular weight is 237 g/mol. The van der Waals surface area contributed by atoms with Gasteiger partial charge in [0.1, 0.15) is 5.82 Å². The van der Waals surface area contributed by atoms with E-state index in [2.05, 4.69) is 4.98 Å². The van der Waals surface area contributed by atoms with Gasteiger partial charge in [0.2, 0.25) is 0 Å². The van der Waals surface area contributed by atoms with Gasteiger partial charge in [-0.3, -0.25) is 0 Å². The molecule has 84 valence electrons. The van der Waals surface area contributed by atoms with E-state index in [9.17, 15) is 4.39 Å². The molecule has 0 unspecified atom stereocenters. The summed E-state index contributed by atoms with van der Waals surface area (Å²) in [4.78, 5) is 6.09. The lowest BCUT2D eigenvalue weighted by atomic mass is 10.1. The minimum absolute atomic E-state index is 0.271. The van der Waals surface area contributed by atoms with Crippen LogP contribution in [0.25, 0.3) is 11.3 Å². The summed E-state index contributed by atoms with van der Waals surface area (Å²) in [6.45, 7) is 0. The number of thiazole rings is 1.